The van der Waals surface area contributed by atoms with E-state index in [1.165, 1.54) is 6.07 Å². The summed E-state index contributed by atoms with van der Waals surface area (Å²) in [5.41, 5.74) is -1.51. The van der Waals surface area contributed by atoms with E-state index >= 15 is 0 Å². The lowest BCUT2D eigenvalue weighted by Gasteiger charge is -2.38. The van der Waals surface area contributed by atoms with E-state index in [1.54, 1.807) is 33.8 Å². The first-order valence-electron chi connectivity index (χ1n) is 6.76. The van der Waals surface area contributed by atoms with E-state index in [2.05, 4.69) is 5.32 Å². The van der Waals surface area contributed by atoms with Crippen LogP contribution >= 0.6 is 11.6 Å². The van der Waals surface area contributed by atoms with E-state index < -0.39 is 11.1 Å². The number of nitrogens with one attached hydrogen (secondary N) is 1. The molecule has 1 aromatic carbocycles. The van der Waals surface area contributed by atoms with Gasteiger partial charge in [-0.2, -0.15) is 0 Å². The summed E-state index contributed by atoms with van der Waals surface area (Å²) in [5.74, 6) is 0.585. The minimum absolute atomic E-state index is 0.332. The molecule has 0 unspecified atom stereocenters. The van der Waals surface area contributed by atoms with Crippen LogP contribution in [-0.2, 0) is 0 Å². The Hall–Kier alpha value is -1.46. The van der Waals surface area contributed by atoms with E-state index in [0.717, 1.165) is 0 Å². The van der Waals surface area contributed by atoms with Gasteiger partial charge in [-0.3, -0.25) is 4.79 Å². The van der Waals surface area contributed by atoms with Crippen LogP contribution < -0.4 is 14.8 Å². The fourth-order valence-electron chi connectivity index (χ4n) is 1.75. The molecular formula is C15H20ClNO4. The molecule has 2 N–H and O–H groups in total. The number of carbonyl (C=O) groups is 1. The van der Waals surface area contributed by atoms with Gasteiger partial charge in [-0.1, -0.05) is 11.6 Å². The molecule has 0 atom stereocenters. The van der Waals surface area contributed by atoms with E-state index in [1.807, 2.05) is 0 Å². The van der Waals surface area contributed by atoms with Gasteiger partial charge < -0.3 is 19.9 Å². The highest BCUT2D eigenvalue weighted by Gasteiger charge is 2.36. The number of rotatable bonds is 3. The largest absolute Gasteiger partial charge is 0.486 e. The maximum Gasteiger partial charge on any atom is 0.251 e. The Labute approximate surface area is 129 Å². The van der Waals surface area contributed by atoms with Gasteiger partial charge in [0.15, 0.2) is 11.5 Å². The molecule has 2 rings (SSSR count). The zero-order valence-corrected chi connectivity index (χ0v) is 13.4. The second-order valence-electron chi connectivity index (χ2n) is 6.12. The van der Waals surface area contributed by atoms with Crippen molar-refractivity contribution in [2.45, 2.75) is 38.8 Å². The normalized spacial score (nSPS) is 14.8. The zero-order valence-electron chi connectivity index (χ0n) is 12.6. The Balaban J connectivity index is 2.26. The zero-order chi connectivity index (χ0) is 15.8. The molecular weight excluding hydrogens is 294 g/mol. The van der Waals surface area contributed by atoms with Crippen molar-refractivity contribution in [2.75, 3.05) is 13.2 Å². The summed E-state index contributed by atoms with van der Waals surface area (Å²) in [4.78, 5) is 12.4. The quantitative estimate of drug-likeness (QED) is 0.899. The third-order valence-corrected chi connectivity index (χ3v) is 4.10. The van der Waals surface area contributed by atoms with E-state index in [-0.39, 0.29) is 5.91 Å². The Morgan fingerprint density at radius 1 is 1.24 bits per heavy atom. The van der Waals surface area contributed by atoms with Crippen LogP contribution in [0.3, 0.4) is 0 Å². The van der Waals surface area contributed by atoms with Crippen molar-refractivity contribution in [2.24, 2.45) is 0 Å². The third-order valence-electron chi connectivity index (χ3n) is 3.81. The van der Waals surface area contributed by atoms with Crippen molar-refractivity contribution in [3.63, 3.8) is 0 Å². The highest BCUT2D eigenvalue weighted by Crippen LogP contribution is 2.38. The number of aliphatic hydroxyl groups is 1. The number of amides is 1. The average Bonchev–Trinajstić information content (AvgIpc) is 2.36. The molecule has 0 saturated heterocycles. The fourth-order valence-corrected chi connectivity index (χ4v) is 2.02. The molecule has 1 amide bonds. The minimum Gasteiger partial charge on any atom is -0.486 e. The lowest BCUT2D eigenvalue weighted by molar-refractivity contribution is -0.00293. The number of ether oxygens (including phenoxy) is 2. The first kappa shape index (κ1) is 15.9. The number of carbonyl (C=O) groups excluding carboxylic acids is 1. The summed E-state index contributed by atoms with van der Waals surface area (Å²) in [6.45, 7) is 7.65. The van der Waals surface area contributed by atoms with Crippen molar-refractivity contribution in [1.82, 2.24) is 5.32 Å². The molecule has 5 nitrogen and oxygen atoms in total. The summed E-state index contributed by atoms with van der Waals surface area (Å²) >= 11 is 6.12. The van der Waals surface area contributed by atoms with Crippen molar-refractivity contribution in [1.29, 1.82) is 0 Å². The van der Waals surface area contributed by atoms with Gasteiger partial charge in [-0.25, -0.2) is 0 Å². The van der Waals surface area contributed by atoms with Gasteiger partial charge in [0.05, 0.1) is 16.2 Å². The second kappa shape index (κ2) is 5.39. The fraction of sp³-hybridized carbons (Fsp3) is 0.533. The smallest absolute Gasteiger partial charge is 0.251 e. The second-order valence-corrected chi connectivity index (χ2v) is 6.53. The summed E-state index contributed by atoms with van der Waals surface area (Å²) in [6.07, 6.45) is 0. The van der Waals surface area contributed by atoms with Gasteiger partial charge in [-0.15, -0.1) is 0 Å². The van der Waals surface area contributed by atoms with Crippen molar-refractivity contribution < 1.29 is 19.4 Å². The van der Waals surface area contributed by atoms with Gasteiger partial charge in [0.25, 0.3) is 5.91 Å². The maximum absolute atomic E-state index is 12.4. The topological polar surface area (TPSA) is 67.8 Å². The summed E-state index contributed by atoms with van der Waals surface area (Å²) in [5, 5.41) is 13.2. The molecule has 6 heteroatoms. The molecule has 0 fully saturated rings. The lowest BCUT2D eigenvalue weighted by atomic mass is 9.85. The van der Waals surface area contributed by atoms with Crippen LogP contribution in [0.2, 0.25) is 5.02 Å². The highest BCUT2D eigenvalue weighted by molar-refractivity contribution is 6.32. The summed E-state index contributed by atoms with van der Waals surface area (Å²) in [6, 6.07) is 3.13. The predicted molar refractivity (Wildman–Crippen MR) is 80.3 cm³/mol. The van der Waals surface area contributed by atoms with E-state index in [4.69, 9.17) is 21.1 Å². The SMILES string of the molecule is CC(C)(O)C(C)(C)NC(=O)c1cc(Cl)c2c(c1)OCCO2. The standard InChI is InChI=1S/C15H20ClNO4/c1-14(2,15(3,4)19)17-13(18)9-7-10(16)12-11(8-9)20-5-6-21-12/h7-8,19H,5-6H2,1-4H3,(H,17,18). The molecule has 0 aliphatic carbocycles. The molecule has 1 heterocycles. The maximum atomic E-state index is 12.4. The molecule has 1 aliphatic rings. The Morgan fingerprint density at radius 2 is 1.86 bits per heavy atom. The number of hydrogen-bond donors (Lipinski definition) is 2. The molecule has 0 aromatic heterocycles. The van der Waals surface area contributed by atoms with Crippen LogP contribution in [0.15, 0.2) is 12.1 Å². The number of hydrogen-bond acceptors (Lipinski definition) is 4. The van der Waals surface area contributed by atoms with Gasteiger partial charge in [0.1, 0.15) is 13.2 Å². The molecule has 0 saturated carbocycles. The number of halogens is 1. The monoisotopic (exact) mass is 313 g/mol. The van der Waals surface area contributed by atoms with Crippen LogP contribution in [0.5, 0.6) is 11.5 Å². The number of benzene rings is 1. The highest BCUT2D eigenvalue weighted by atomic mass is 35.5. The summed E-state index contributed by atoms with van der Waals surface area (Å²) < 4.78 is 10.9. The van der Waals surface area contributed by atoms with Crippen molar-refractivity contribution >= 4 is 17.5 Å². The molecule has 0 spiro atoms. The van der Waals surface area contributed by atoms with Gasteiger partial charge in [0.2, 0.25) is 0 Å². The Bertz CT molecular complexity index is 564. The van der Waals surface area contributed by atoms with Gasteiger partial charge in [0, 0.05) is 5.56 Å². The van der Waals surface area contributed by atoms with Crippen molar-refractivity contribution in [3.8, 4) is 11.5 Å². The Kier molecular flexibility index (Phi) is 4.08. The summed E-state index contributed by atoms with van der Waals surface area (Å²) in [7, 11) is 0. The molecule has 21 heavy (non-hydrogen) atoms. The molecule has 116 valence electrons. The van der Waals surface area contributed by atoms with Crippen LogP contribution in [0.25, 0.3) is 0 Å². The molecule has 0 radical (unpaired) electrons. The first-order valence-corrected chi connectivity index (χ1v) is 7.13. The molecule has 1 aromatic rings. The van der Waals surface area contributed by atoms with E-state index in [9.17, 15) is 9.90 Å². The molecule has 0 bridgehead atoms. The lowest BCUT2D eigenvalue weighted by Crippen LogP contribution is -2.57. The third kappa shape index (κ3) is 3.24. The van der Waals surface area contributed by atoms with Gasteiger partial charge in [-0.05, 0) is 39.8 Å². The van der Waals surface area contributed by atoms with Crippen LogP contribution in [-0.4, -0.2) is 35.4 Å². The van der Waals surface area contributed by atoms with Gasteiger partial charge >= 0.3 is 0 Å². The van der Waals surface area contributed by atoms with Crippen LogP contribution in [0.4, 0.5) is 0 Å². The van der Waals surface area contributed by atoms with Crippen molar-refractivity contribution in [3.05, 3.63) is 22.7 Å². The minimum atomic E-state index is -1.07. The van der Waals surface area contributed by atoms with Crippen LogP contribution in [0.1, 0.15) is 38.1 Å². The van der Waals surface area contributed by atoms with Crippen LogP contribution in [0, 0.1) is 0 Å². The molecule has 1 aliphatic heterocycles. The average molecular weight is 314 g/mol. The van der Waals surface area contributed by atoms with E-state index in [0.29, 0.717) is 35.3 Å². The number of fused-ring (bicyclic) bond motifs is 1. The Morgan fingerprint density at radius 3 is 2.48 bits per heavy atom. The first-order chi connectivity index (χ1) is 9.62. The predicted octanol–water partition coefficient (Wildman–Crippen LogP) is 2.39.